The van der Waals surface area contributed by atoms with E-state index in [1.54, 1.807) is 11.8 Å². The molecule has 0 radical (unpaired) electrons. The van der Waals surface area contributed by atoms with E-state index >= 15 is 0 Å². The fraction of sp³-hybridized carbons (Fsp3) is 0.278. The lowest BCUT2D eigenvalue weighted by Gasteiger charge is -2.27. The van der Waals surface area contributed by atoms with Crippen molar-refractivity contribution < 1.29 is 10.3 Å². The fourth-order valence-electron chi connectivity index (χ4n) is 2.76. The lowest BCUT2D eigenvalue weighted by atomic mass is 9.86. The third-order valence-electron chi connectivity index (χ3n) is 3.86. The van der Waals surface area contributed by atoms with Gasteiger partial charge in [-0.15, -0.1) is 17.0 Å². The predicted octanol–water partition coefficient (Wildman–Crippen LogP) is 4.21. The summed E-state index contributed by atoms with van der Waals surface area (Å²) in [6.45, 7) is 0.764. The van der Waals surface area contributed by atoms with Gasteiger partial charge in [0.05, 0.1) is 5.92 Å². The van der Waals surface area contributed by atoms with E-state index < -0.39 is 0 Å². The Labute approximate surface area is 162 Å². The third kappa shape index (κ3) is 4.41. The monoisotopic (exact) mass is 429 g/mol. The van der Waals surface area contributed by atoms with E-state index in [1.807, 2.05) is 49.3 Å². The highest BCUT2D eigenvalue weighted by molar-refractivity contribution is 8.93. The maximum absolute atomic E-state index is 12.9. The summed E-state index contributed by atoms with van der Waals surface area (Å²) in [5, 5.41) is 0.684. The van der Waals surface area contributed by atoms with Crippen LogP contribution in [0.25, 0.3) is 0 Å². The Hall–Kier alpha value is -0.850. The number of hydrogen-bond acceptors (Lipinski definition) is 3. The molecule has 1 aliphatic heterocycles. The predicted molar refractivity (Wildman–Crippen MR) is 106 cm³/mol. The highest BCUT2D eigenvalue weighted by Crippen LogP contribution is 2.47. The number of hydrogen-bond donors (Lipinski definition) is 0. The Kier molecular flexibility index (Phi) is 7.96. The van der Waals surface area contributed by atoms with Gasteiger partial charge in [-0.3, -0.25) is 4.79 Å². The Balaban J connectivity index is 0.00000144. The minimum absolute atomic E-state index is 0. The van der Waals surface area contributed by atoms with E-state index in [4.69, 9.17) is 11.6 Å². The fourth-order valence-corrected chi connectivity index (χ4v) is 4.06. The molecule has 3 rings (SSSR count). The van der Waals surface area contributed by atoms with Crippen LogP contribution in [-0.4, -0.2) is 36.8 Å². The first-order chi connectivity index (χ1) is 10.6. The van der Waals surface area contributed by atoms with Crippen molar-refractivity contribution in [2.75, 3.05) is 20.6 Å². The maximum atomic E-state index is 12.9. The minimum atomic E-state index is -0.203. The van der Waals surface area contributed by atoms with E-state index in [2.05, 4.69) is 12.1 Å². The molecule has 130 valence electrons. The van der Waals surface area contributed by atoms with Crippen molar-refractivity contribution in [2.45, 2.75) is 22.1 Å². The van der Waals surface area contributed by atoms with Crippen LogP contribution in [0.3, 0.4) is 0 Å². The molecule has 2 N–H and O–H groups in total. The van der Waals surface area contributed by atoms with E-state index in [1.165, 1.54) is 4.90 Å². The second-order valence-electron chi connectivity index (χ2n) is 5.77. The molecule has 24 heavy (non-hydrogen) atoms. The van der Waals surface area contributed by atoms with Gasteiger partial charge in [0.25, 0.3) is 0 Å². The molecule has 1 aliphatic rings. The van der Waals surface area contributed by atoms with Gasteiger partial charge in [-0.05, 0) is 49.5 Å². The molecule has 0 spiro atoms. The maximum Gasteiger partial charge on any atom is 0.146 e. The second-order valence-corrected chi connectivity index (χ2v) is 7.29. The number of nitrogens with zero attached hydrogens (tertiary/aromatic N) is 1. The number of fused-ring (bicyclic) bond motifs is 2. The van der Waals surface area contributed by atoms with Gasteiger partial charge in [0.15, 0.2) is 0 Å². The molecule has 0 aliphatic carbocycles. The minimum Gasteiger partial charge on any atom is -0.412 e. The highest BCUT2D eigenvalue weighted by atomic mass is 79.9. The largest absolute Gasteiger partial charge is 0.412 e. The zero-order valence-corrected chi connectivity index (χ0v) is 16.9. The van der Waals surface area contributed by atoms with Gasteiger partial charge in [0.1, 0.15) is 5.78 Å². The summed E-state index contributed by atoms with van der Waals surface area (Å²) in [5.74, 6) is 0.0519. The molecular weight excluding hydrogens is 410 g/mol. The lowest BCUT2D eigenvalue weighted by molar-refractivity contribution is -0.120. The zero-order chi connectivity index (χ0) is 15.7. The summed E-state index contributed by atoms with van der Waals surface area (Å²) in [6, 6.07) is 14.0. The van der Waals surface area contributed by atoms with Crippen LogP contribution in [-0.2, 0) is 4.79 Å². The van der Waals surface area contributed by atoms with Gasteiger partial charge in [0.2, 0.25) is 0 Å². The Bertz CT molecular complexity index is 724. The number of halogens is 2. The van der Waals surface area contributed by atoms with Crippen molar-refractivity contribution in [3.63, 3.8) is 0 Å². The molecule has 2 aromatic rings. The van der Waals surface area contributed by atoms with Crippen molar-refractivity contribution in [2.24, 2.45) is 0 Å². The molecule has 0 saturated carbocycles. The first-order valence-electron chi connectivity index (χ1n) is 7.30. The molecule has 0 aromatic heterocycles. The average Bonchev–Trinajstić information content (AvgIpc) is 2.50. The topological polar surface area (TPSA) is 51.8 Å². The van der Waals surface area contributed by atoms with Gasteiger partial charge in [0, 0.05) is 27.8 Å². The van der Waals surface area contributed by atoms with E-state index in [0.717, 1.165) is 22.6 Å². The number of rotatable bonds is 4. The van der Waals surface area contributed by atoms with E-state index in [0.29, 0.717) is 11.4 Å². The molecule has 0 fully saturated rings. The first-order valence-corrected chi connectivity index (χ1v) is 8.49. The van der Waals surface area contributed by atoms with Crippen molar-refractivity contribution >= 4 is 46.1 Å². The summed E-state index contributed by atoms with van der Waals surface area (Å²) >= 11 is 7.89. The van der Waals surface area contributed by atoms with Crippen LogP contribution in [0.15, 0.2) is 52.3 Å². The van der Waals surface area contributed by atoms with E-state index in [9.17, 15) is 4.79 Å². The molecule has 1 atom stereocenters. The summed E-state index contributed by atoms with van der Waals surface area (Å²) in [5.41, 5.74) is 2.14. The molecule has 0 saturated heterocycles. The van der Waals surface area contributed by atoms with Gasteiger partial charge in [-0.2, -0.15) is 0 Å². The summed E-state index contributed by atoms with van der Waals surface area (Å²) in [4.78, 5) is 17.2. The van der Waals surface area contributed by atoms with Gasteiger partial charge >= 0.3 is 0 Å². The number of ketones is 1. The zero-order valence-electron chi connectivity index (χ0n) is 13.6. The standard InChI is InChI=1S/C18H18ClNOS.BrH.H2O/c1-20(2)10-9-15(21)18-13-5-3-4-6-16(13)22-17-8-7-12(19)11-14(17)18;;/h3-8,11,18H,9-10H2,1-2H3;1H;1H2. The van der Waals surface area contributed by atoms with Crippen molar-refractivity contribution in [1.82, 2.24) is 4.90 Å². The average molecular weight is 431 g/mol. The van der Waals surface area contributed by atoms with Crippen LogP contribution < -0.4 is 0 Å². The van der Waals surface area contributed by atoms with Crippen LogP contribution in [0, 0.1) is 0 Å². The molecule has 6 heteroatoms. The smallest absolute Gasteiger partial charge is 0.146 e. The summed E-state index contributed by atoms with van der Waals surface area (Å²) in [6.07, 6.45) is 0.544. The number of Topliss-reactive ketones (excluding diaryl/α,β-unsaturated/α-hetero) is 1. The SMILES string of the molecule is Br.CN(C)CCC(=O)C1c2ccccc2Sc2ccc(Cl)cc21.O. The number of carbonyl (C=O) groups excluding carboxylic acids is 1. The van der Waals surface area contributed by atoms with Gasteiger partial charge in [-0.25, -0.2) is 0 Å². The van der Waals surface area contributed by atoms with Crippen LogP contribution in [0.5, 0.6) is 0 Å². The van der Waals surface area contributed by atoms with Gasteiger partial charge < -0.3 is 10.4 Å². The molecule has 0 bridgehead atoms. The summed E-state index contributed by atoms with van der Waals surface area (Å²) < 4.78 is 0. The normalized spacial score (nSPS) is 14.9. The second kappa shape index (κ2) is 9.02. The third-order valence-corrected chi connectivity index (χ3v) is 5.28. The van der Waals surface area contributed by atoms with Crippen LogP contribution in [0.2, 0.25) is 5.02 Å². The Morgan fingerprint density at radius 3 is 2.50 bits per heavy atom. The van der Waals surface area contributed by atoms with Gasteiger partial charge in [-0.1, -0.05) is 41.6 Å². The van der Waals surface area contributed by atoms with Crippen molar-refractivity contribution in [3.8, 4) is 0 Å². The van der Waals surface area contributed by atoms with Crippen LogP contribution in [0.1, 0.15) is 23.5 Å². The number of benzene rings is 2. The Morgan fingerprint density at radius 1 is 1.12 bits per heavy atom. The number of carbonyl (C=O) groups is 1. The molecule has 3 nitrogen and oxygen atoms in total. The molecule has 1 heterocycles. The highest BCUT2D eigenvalue weighted by Gasteiger charge is 2.31. The molecule has 0 amide bonds. The quantitative estimate of drug-likeness (QED) is 0.730. The molecule has 1 unspecified atom stereocenters. The lowest BCUT2D eigenvalue weighted by Crippen LogP contribution is -2.23. The first kappa shape index (κ1) is 21.2. The van der Waals surface area contributed by atoms with Crippen molar-refractivity contribution in [1.29, 1.82) is 0 Å². The van der Waals surface area contributed by atoms with Crippen molar-refractivity contribution in [3.05, 3.63) is 58.6 Å². The molecule has 2 aromatic carbocycles. The molecular formula is C18H21BrClNO2S. The van der Waals surface area contributed by atoms with Crippen LogP contribution in [0.4, 0.5) is 0 Å². The summed E-state index contributed by atoms with van der Waals surface area (Å²) in [7, 11) is 3.98. The van der Waals surface area contributed by atoms with E-state index in [-0.39, 0.29) is 34.2 Å². The Morgan fingerprint density at radius 2 is 1.79 bits per heavy atom. The van der Waals surface area contributed by atoms with Crippen LogP contribution >= 0.6 is 40.3 Å².